The Balaban J connectivity index is 3.94. The molecule has 4 nitrogen and oxygen atoms in total. The Hall–Kier alpha value is -0.610. The van der Waals surface area contributed by atoms with Gasteiger partial charge >= 0.3 is 0 Å². The van der Waals surface area contributed by atoms with Crippen LogP contribution in [-0.4, -0.2) is 32.5 Å². The molecule has 0 bridgehead atoms. The first kappa shape index (κ1) is 14.4. The summed E-state index contributed by atoms with van der Waals surface area (Å²) >= 11 is 0. The summed E-state index contributed by atoms with van der Waals surface area (Å²) in [6.07, 6.45) is 1.19. The first-order valence-electron chi connectivity index (χ1n) is 5.40. The van der Waals surface area contributed by atoms with Gasteiger partial charge < -0.3 is 14.8 Å². The van der Waals surface area contributed by atoms with E-state index >= 15 is 0 Å². The van der Waals surface area contributed by atoms with Crippen molar-refractivity contribution in [3.63, 3.8) is 0 Å². The lowest BCUT2D eigenvalue weighted by molar-refractivity contribution is -0.136. The largest absolute Gasteiger partial charge is 0.354 e. The highest BCUT2D eigenvalue weighted by Gasteiger charge is 2.18. The number of carbonyl (C=O) groups excluding carboxylic acids is 1. The molecule has 0 aromatic heterocycles. The Morgan fingerprint density at radius 1 is 1.27 bits per heavy atom. The van der Waals surface area contributed by atoms with E-state index in [4.69, 9.17) is 9.47 Å². The number of carbonyl (C=O) groups is 1. The molecule has 0 aliphatic heterocycles. The fourth-order valence-corrected chi connectivity index (χ4v) is 1.35. The number of methoxy groups -OCH3 is 2. The molecule has 1 amide bonds. The summed E-state index contributed by atoms with van der Waals surface area (Å²) in [6.45, 7) is 6.01. The second kappa shape index (κ2) is 7.65. The lowest BCUT2D eigenvalue weighted by Gasteiger charge is -2.22. The quantitative estimate of drug-likeness (QED) is 0.658. The van der Waals surface area contributed by atoms with Gasteiger partial charge in [0.1, 0.15) is 0 Å². The van der Waals surface area contributed by atoms with Crippen LogP contribution in [0.4, 0.5) is 0 Å². The molecule has 0 aliphatic carbocycles. The van der Waals surface area contributed by atoms with E-state index in [9.17, 15) is 4.79 Å². The van der Waals surface area contributed by atoms with E-state index < -0.39 is 0 Å². The Labute approximate surface area is 92.3 Å². The predicted molar refractivity (Wildman–Crippen MR) is 59.5 cm³/mol. The summed E-state index contributed by atoms with van der Waals surface area (Å²) < 4.78 is 10.1. The molecule has 4 heteroatoms. The summed E-state index contributed by atoms with van der Waals surface area (Å²) in [7, 11) is 3.12. The lowest BCUT2D eigenvalue weighted by Crippen LogP contribution is -2.43. The molecule has 0 heterocycles. The van der Waals surface area contributed by atoms with Gasteiger partial charge in [-0.05, 0) is 12.8 Å². The van der Waals surface area contributed by atoms with Crippen molar-refractivity contribution in [1.82, 2.24) is 5.32 Å². The molecule has 0 aromatic rings. The van der Waals surface area contributed by atoms with Crippen LogP contribution in [0, 0.1) is 5.92 Å². The van der Waals surface area contributed by atoms with E-state index in [1.54, 1.807) is 14.2 Å². The van der Waals surface area contributed by atoms with Gasteiger partial charge in [0.2, 0.25) is 5.91 Å². The lowest BCUT2D eigenvalue weighted by atomic mass is 10.0. The fraction of sp³-hybridized carbons (Fsp3) is 0.909. The van der Waals surface area contributed by atoms with Crippen molar-refractivity contribution >= 4 is 5.91 Å². The van der Waals surface area contributed by atoms with Crippen molar-refractivity contribution < 1.29 is 14.3 Å². The second-order valence-corrected chi connectivity index (χ2v) is 3.91. The number of rotatable bonds is 7. The van der Waals surface area contributed by atoms with Crippen molar-refractivity contribution in [3.8, 4) is 0 Å². The van der Waals surface area contributed by atoms with Gasteiger partial charge in [0.15, 0.2) is 6.29 Å². The van der Waals surface area contributed by atoms with Gasteiger partial charge in [-0.15, -0.1) is 0 Å². The van der Waals surface area contributed by atoms with Gasteiger partial charge in [-0.1, -0.05) is 20.3 Å². The van der Waals surface area contributed by atoms with Crippen LogP contribution in [-0.2, 0) is 14.3 Å². The van der Waals surface area contributed by atoms with Gasteiger partial charge in [0, 0.05) is 20.6 Å². The van der Waals surface area contributed by atoms with E-state index in [1.165, 1.54) is 0 Å². The highest BCUT2D eigenvalue weighted by molar-refractivity contribution is 5.76. The van der Waals surface area contributed by atoms with Gasteiger partial charge in [-0.2, -0.15) is 0 Å². The van der Waals surface area contributed by atoms with Gasteiger partial charge in [-0.3, -0.25) is 4.79 Å². The molecule has 2 atom stereocenters. The minimum atomic E-state index is -0.383. The SMILES string of the molecule is CCC(C)CC(=O)NC(C)C(OC)OC. The zero-order valence-electron chi connectivity index (χ0n) is 10.4. The molecular formula is C11H23NO3. The summed E-state index contributed by atoms with van der Waals surface area (Å²) in [5.74, 6) is 0.469. The third-order valence-electron chi connectivity index (χ3n) is 2.49. The number of hydrogen-bond donors (Lipinski definition) is 1. The highest BCUT2D eigenvalue weighted by atomic mass is 16.7. The van der Waals surface area contributed by atoms with Crippen LogP contribution in [0.2, 0.25) is 0 Å². The molecule has 15 heavy (non-hydrogen) atoms. The van der Waals surface area contributed by atoms with Crippen LogP contribution in [0.1, 0.15) is 33.6 Å². The molecule has 0 rings (SSSR count). The molecule has 0 aromatic carbocycles. The van der Waals surface area contributed by atoms with Crippen LogP contribution in [0.25, 0.3) is 0 Å². The minimum Gasteiger partial charge on any atom is -0.354 e. The molecule has 2 unspecified atom stereocenters. The van der Waals surface area contributed by atoms with E-state index in [1.807, 2.05) is 6.92 Å². The van der Waals surface area contributed by atoms with Crippen LogP contribution in [0.15, 0.2) is 0 Å². The average Bonchev–Trinajstić information content (AvgIpc) is 2.19. The normalized spacial score (nSPS) is 15.1. The maximum atomic E-state index is 11.5. The Morgan fingerprint density at radius 2 is 1.80 bits per heavy atom. The standard InChI is InChI=1S/C11H23NO3/c1-6-8(2)7-10(13)12-9(3)11(14-4)15-5/h8-9,11H,6-7H2,1-5H3,(H,12,13). The van der Waals surface area contributed by atoms with Crippen LogP contribution >= 0.6 is 0 Å². The highest BCUT2D eigenvalue weighted by Crippen LogP contribution is 2.07. The van der Waals surface area contributed by atoms with Crippen molar-refractivity contribution in [1.29, 1.82) is 0 Å². The van der Waals surface area contributed by atoms with Gasteiger partial charge in [0.25, 0.3) is 0 Å². The molecule has 0 saturated heterocycles. The van der Waals surface area contributed by atoms with Gasteiger partial charge in [-0.25, -0.2) is 0 Å². The average molecular weight is 217 g/mol. The summed E-state index contributed by atoms with van der Waals surface area (Å²) in [5.41, 5.74) is 0. The predicted octanol–water partition coefficient (Wildman–Crippen LogP) is 1.55. The molecule has 1 N–H and O–H groups in total. The number of hydrogen-bond acceptors (Lipinski definition) is 3. The maximum Gasteiger partial charge on any atom is 0.220 e. The van der Waals surface area contributed by atoms with E-state index in [2.05, 4.69) is 19.2 Å². The first-order valence-corrected chi connectivity index (χ1v) is 5.40. The van der Waals surface area contributed by atoms with Crippen molar-refractivity contribution in [2.45, 2.75) is 45.9 Å². The zero-order chi connectivity index (χ0) is 11.8. The number of nitrogens with one attached hydrogen (secondary N) is 1. The van der Waals surface area contributed by atoms with Crippen molar-refractivity contribution in [3.05, 3.63) is 0 Å². The first-order chi connectivity index (χ1) is 7.04. The molecular weight excluding hydrogens is 194 g/mol. The monoisotopic (exact) mass is 217 g/mol. The molecule has 0 radical (unpaired) electrons. The summed E-state index contributed by atoms with van der Waals surface area (Å²) in [4.78, 5) is 11.5. The van der Waals surface area contributed by atoms with Crippen LogP contribution in [0.3, 0.4) is 0 Å². The number of amides is 1. The smallest absolute Gasteiger partial charge is 0.220 e. The topological polar surface area (TPSA) is 47.6 Å². The summed E-state index contributed by atoms with van der Waals surface area (Å²) in [5, 5.41) is 2.86. The second-order valence-electron chi connectivity index (χ2n) is 3.91. The number of ether oxygens (including phenoxy) is 2. The summed E-state index contributed by atoms with van der Waals surface area (Å²) in [6, 6.07) is -0.128. The molecule has 0 spiro atoms. The third kappa shape index (κ3) is 5.74. The van der Waals surface area contributed by atoms with Crippen LogP contribution < -0.4 is 5.32 Å². The molecule has 0 aliphatic rings. The fourth-order valence-electron chi connectivity index (χ4n) is 1.35. The van der Waals surface area contributed by atoms with Crippen molar-refractivity contribution in [2.75, 3.05) is 14.2 Å². The van der Waals surface area contributed by atoms with Crippen LogP contribution in [0.5, 0.6) is 0 Å². The Bertz CT molecular complexity index is 181. The van der Waals surface area contributed by atoms with Crippen molar-refractivity contribution in [2.24, 2.45) is 5.92 Å². The zero-order valence-corrected chi connectivity index (χ0v) is 10.4. The molecule has 0 saturated carbocycles. The third-order valence-corrected chi connectivity index (χ3v) is 2.49. The Morgan fingerprint density at radius 3 is 2.20 bits per heavy atom. The molecule has 0 fully saturated rings. The van der Waals surface area contributed by atoms with E-state index in [0.717, 1.165) is 6.42 Å². The van der Waals surface area contributed by atoms with E-state index in [0.29, 0.717) is 12.3 Å². The van der Waals surface area contributed by atoms with E-state index in [-0.39, 0.29) is 18.2 Å². The minimum absolute atomic E-state index is 0.0518. The maximum absolute atomic E-state index is 11.5. The van der Waals surface area contributed by atoms with Gasteiger partial charge in [0.05, 0.1) is 6.04 Å². The Kier molecular flexibility index (Phi) is 7.34. The molecule has 90 valence electrons.